The molecule has 0 saturated carbocycles. The summed E-state index contributed by atoms with van der Waals surface area (Å²) in [6.07, 6.45) is 1.80. The second-order valence-corrected chi connectivity index (χ2v) is 3.33. The highest BCUT2D eigenvalue weighted by Crippen LogP contribution is 2.05. The zero-order valence-corrected chi connectivity index (χ0v) is 9.00. The molecule has 0 bridgehead atoms. The lowest BCUT2D eigenvalue weighted by Crippen LogP contribution is -2.22. The lowest BCUT2D eigenvalue weighted by Gasteiger charge is -2.16. The van der Waals surface area contributed by atoms with Gasteiger partial charge in [0.15, 0.2) is 0 Å². The maximum absolute atomic E-state index is 11.3. The van der Waals surface area contributed by atoms with Crippen molar-refractivity contribution in [3.05, 3.63) is 22.2 Å². The Morgan fingerprint density at radius 3 is 2.79 bits per heavy atom. The Morgan fingerprint density at radius 2 is 2.21 bits per heavy atom. The van der Waals surface area contributed by atoms with Crippen molar-refractivity contribution in [1.29, 1.82) is 0 Å². The summed E-state index contributed by atoms with van der Waals surface area (Å²) in [5.41, 5.74) is -0.0743. The van der Waals surface area contributed by atoms with Gasteiger partial charge in [0.05, 0.1) is 0 Å². The molecule has 0 fully saturated rings. The third kappa shape index (κ3) is 2.58. The van der Waals surface area contributed by atoms with E-state index in [0.717, 1.165) is 31.0 Å². The van der Waals surface area contributed by atoms with Crippen LogP contribution in [-0.4, -0.2) is 23.6 Å². The zero-order chi connectivity index (χ0) is 10.6. The first-order chi connectivity index (χ1) is 6.67. The van der Waals surface area contributed by atoms with Gasteiger partial charge in [-0.1, -0.05) is 13.8 Å². The highest BCUT2D eigenvalue weighted by Gasteiger charge is 2.03. The van der Waals surface area contributed by atoms with Crippen molar-refractivity contribution < 1.29 is 0 Å². The topological polar surface area (TPSA) is 49.0 Å². The lowest BCUT2D eigenvalue weighted by atomic mass is 10.4. The number of nitrogens with one attached hydrogen (secondary N) is 1. The molecule has 1 rings (SSSR count). The molecule has 1 aromatic rings. The molecular formula is C10H17N3O. The summed E-state index contributed by atoms with van der Waals surface area (Å²) >= 11 is 0. The summed E-state index contributed by atoms with van der Waals surface area (Å²) < 4.78 is 0. The van der Waals surface area contributed by atoms with Gasteiger partial charge in [0.2, 0.25) is 0 Å². The van der Waals surface area contributed by atoms with E-state index in [2.05, 4.69) is 16.9 Å². The molecule has 0 saturated heterocycles. The predicted octanol–water partition coefficient (Wildman–Crippen LogP) is 1.18. The number of rotatable bonds is 4. The first-order valence-corrected chi connectivity index (χ1v) is 4.98. The van der Waals surface area contributed by atoms with Crippen LogP contribution in [0.5, 0.6) is 0 Å². The molecule has 0 spiro atoms. The maximum Gasteiger partial charge on any atom is 0.252 e. The van der Waals surface area contributed by atoms with Gasteiger partial charge in [0.1, 0.15) is 11.6 Å². The minimum atomic E-state index is -0.0743. The number of nitrogens with zero attached hydrogens (tertiary/aromatic N) is 2. The van der Waals surface area contributed by atoms with Crippen LogP contribution < -0.4 is 10.5 Å². The van der Waals surface area contributed by atoms with Crippen LogP contribution in [-0.2, 0) is 6.42 Å². The average molecular weight is 195 g/mol. The van der Waals surface area contributed by atoms with Gasteiger partial charge in [-0.15, -0.1) is 0 Å². The molecule has 1 aromatic heterocycles. The fraction of sp³-hybridized carbons (Fsp3) is 0.600. The van der Waals surface area contributed by atoms with Gasteiger partial charge in [-0.05, 0) is 6.42 Å². The summed E-state index contributed by atoms with van der Waals surface area (Å²) in [6, 6.07) is 1.54. The second-order valence-electron chi connectivity index (χ2n) is 3.33. The summed E-state index contributed by atoms with van der Waals surface area (Å²) in [4.78, 5) is 20.3. The van der Waals surface area contributed by atoms with Gasteiger partial charge in [-0.25, -0.2) is 4.98 Å². The molecule has 0 aliphatic rings. The Morgan fingerprint density at radius 1 is 1.50 bits per heavy atom. The van der Waals surface area contributed by atoms with Crippen LogP contribution >= 0.6 is 0 Å². The molecule has 4 nitrogen and oxygen atoms in total. The molecule has 0 aliphatic heterocycles. The molecular weight excluding hydrogens is 178 g/mol. The van der Waals surface area contributed by atoms with E-state index in [1.54, 1.807) is 0 Å². The smallest absolute Gasteiger partial charge is 0.252 e. The third-order valence-electron chi connectivity index (χ3n) is 2.06. The van der Waals surface area contributed by atoms with Gasteiger partial charge >= 0.3 is 0 Å². The van der Waals surface area contributed by atoms with E-state index in [9.17, 15) is 4.79 Å². The molecule has 1 heterocycles. The largest absolute Gasteiger partial charge is 0.359 e. The standard InChI is InChI=1S/C10H17N3O/c1-4-6-13(3)9-7-10(14)12-8(5-2)11-9/h7H,4-6H2,1-3H3,(H,11,12,14). The van der Waals surface area contributed by atoms with E-state index >= 15 is 0 Å². The quantitative estimate of drug-likeness (QED) is 0.784. The molecule has 0 aromatic carbocycles. The first kappa shape index (κ1) is 10.8. The van der Waals surface area contributed by atoms with Crippen molar-refractivity contribution in [1.82, 2.24) is 9.97 Å². The minimum absolute atomic E-state index is 0.0743. The van der Waals surface area contributed by atoms with Crippen LogP contribution in [0.2, 0.25) is 0 Å². The van der Waals surface area contributed by atoms with Crippen LogP contribution in [0.1, 0.15) is 26.1 Å². The lowest BCUT2D eigenvalue weighted by molar-refractivity contribution is 0.816. The molecule has 0 unspecified atom stereocenters. The third-order valence-corrected chi connectivity index (χ3v) is 2.06. The summed E-state index contributed by atoms with van der Waals surface area (Å²) in [7, 11) is 1.95. The van der Waals surface area contributed by atoms with Gasteiger partial charge in [0, 0.05) is 26.1 Å². The van der Waals surface area contributed by atoms with Gasteiger partial charge in [0.25, 0.3) is 5.56 Å². The predicted molar refractivity (Wildman–Crippen MR) is 57.8 cm³/mol. The summed E-state index contributed by atoms with van der Waals surface area (Å²) in [5, 5.41) is 0. The Bertz CT molecular complexity index is 345. The number of aromatic amines is 1. The van der Waals surface area contributed by atoms with Crippen LogP contribution in [0.15, 0.2) is 10.9 Å². The average Bonchev–Trinajstić information content (AvgIpc) is 2.17. The molecule has 14 heavy (non-hydrogen) atoms. The number of aryl methyl sites for hydroxylation is 1. The van der Waals surface area contributed by atoms with Crippen LogP contribution in [0, 0.1) is 0 Å². The Balaban J connectivity index is 2.96. The Kier molecular flexibility index (Phi) is 3.68. The first-order valence-electron chi connectivity index (χ1n) is 4.98. The number of hydrogen-bond donors (Lipinski definition) is 1. The zero-order valence-electron chi connectivity index (χ0n) is 9.00. The van der Waals surface area contributed by atoms with Crippen molar-refractivity contribution in [2.24, 2.45) is 0 Å². The van der Waals surface area contributed by atoms with E-state index in [-0.39, 0.29) is 5.56 Å². The molecule has 1 N–H and O–H groups in total. The van der Waals surface area contributed by atoms with Crippen molar-refractivity contribution in [2.75, 3.05) is 18.5 Å². The Hall–Kier alpha value is -1.32. The molecule has 0 radical (unpaired) electrons. The minimum Gasteiger partial charge on any atom is -0.359 e. The van der Waals surface area contributed by atoms with Crippen LogP contribution in [0.3, 0.4) is 0 Å². The highest BCUT2D eigenvalue weighted by atomic mass is 16.1. The van der Waals surface area contributed by atoms with E-state index in [1.807, 2.05) is 18.9 Å². The Labute approximate surface area is 84.0 Å². The van der Waals surface area contributed by atoms with Crippen molar-refractivity contribution in [3.63, 3.8) is 0 Å². The second kappa shape index (κ2) is 4.79. The normalized spacial score (nSPS) is 10.2. The molecule has 0 atom stereocenters. The van der Waals surface area contributed by atoms with Gasteiger partial charge < -0.3 is 9.88 Å². The molecule has 0 aliphatic carbocycles. The molecule has 0 amide bonds. The highest BCUT2D eigenvalue weighted by molar-refractivity contribution is 5.35. The fourth-order valence-electron chi connectivity index (χ4n) is 1.31. The van der Waals surface area contributed by atoms with E-state index < -0.39 is 0 Å². The number of aromatic nitrogens is 2. The molecule has 4 heteroatoms. The van der Waals surface area contributed by atoms with Crippen molar-refractivity contribution in [3.8, 4) is 0 Å². The SMILES string of the molecule is CCCN(C)c1cc(=O)[nH]c(CC)n1. The van der Waals surface area contributed by atoms with E-state index in [4.69, 9.17) is 0 Å². The number of H-pyrrole nitrogens is 1. The monoisotopic (exact) mass is 195 g/mol. The summed E-state index contributed by atoms with van der Waals surface area (Å²) in [6.45, 7) is 4.99. The number of hydrogen-bond acceptors (Lipinski definition) is 3. The van der Waals surface area contributed by atoms with Gasteiger partial charge in [-0.2, -0.15) is 0 Å². The van der Waals surface area contributed by atoms with Crippen molar-refractivity contribution in [2.45, 2.75) is 26.7 Å². The fourth-order valence-corrected chi connectivity index (χ4v) is 1.31. The van der Waals surface area contributed by atoms with Crippen molar-refractivity contribution >= 4 is 5.82 Å². The molecule has 78 valence electrons. The van der Waals surface area contributed by atoms with E-state index in [0.29, 0.717) is 0 Å². The van der Waals surface area contributed by atoms with Gasteiger partial charge in [-0.3, -0.25) is 4.79 Å². The number of anilines is 1. The van der Waals surface area contributed by atoms with E-state index in [1.165, 1.54) is 6.07 Å². The van der Waals surface area contributed by atoms with Crippen LogP contribution in [0.4, 0.5) is 5.82 Å². The van der Waals surface area contributed by atoms with Crippen LogP contribution in [0.25, 0.3) is 0 Å². The summed E-state index contributed by atoms with van der Waals surface area (Å²) in [5.74, 6) is 1.50. The maximum atomic E-state index is 11.3.